The average Bonchev–Trinajstić information content (AvgIpc) is 2.19. The molecule has 0 bridgehead atoms. The van der Waals surface area contributed by atoms with Crippen LogP contribution < -0.4 is 0 Å². The highest BCUT2D eigenvalue weighted by atomic mass is 29.6. The van der Waals surface area contributed by atoms with Crippen LogP contribution in [0.1, 0.15) is 41.0 Å². The van der Waals surface area contributed by atoms with Gasteiger partial charge in [0.1, 0.15) is 0 Å². The van der Waals surface area contributed by atoms with Crippen LogP contribution in [0, 0.1) is 0 Å². The summed E-state index contributed by atoms with van der Waals surface area (Å²) in [5.74, 6) is 0. The van der Waals surface area contributed by atoms with E-state index in [0.717, 1.165) is 6.61 Å². The first kappa shape index (κ1) is 25.6. The highest BCUT2D eigenvalue weighted by Gasteiger charge is 2.51. The molecule has 20 heavy (non-hydrogen) atoms. The van der Waals surface area contributed by atoms with Gasteiger partial charge in [-0.3, -0.25) is 0 Å². The van der Waals surface area contributed by atoms with Crippen LogP contribution in [0.2, 0.25) is 51.4 Å². The largest absolute Gasteiger partial charge is 0.385 e. The van der Waals surface area contributed by atoms with Crippen LogP contribution in [-0.4, -0.2) is 36.0 Å². The van der Waals surface area contributed by atoms with Crippen LogP contribution in [0.15, 0.2) is 0 Å². The van der Waals surface area contributed by atoms with Crippen LogP contribution in [0.4, 0.5) is 0 Å². The molecule has 0 atom stereocenters. The lowest BCUT2D eigenvalue weighted by Gasteiger charge is -2.50. The maximum Gasteiger partial charge on any atom is 0.0462 e. The normalized spacial score (nSPS) is 12.6. The van der Waals surface area contributed by atoms with Crippen LogP contribution >= 0.6 is 0 Å². The van der Waals surface area contributed by atoms with Gasteiger partial charge in [-0.15, -0.1) is 0 Å². The molecule has 0 aliphatic carbocycles. The van der Waals surface area contributed by atoms with E-state index < -0.39 is 22.3 Å². The van der Waals surface area contributed by atoms with Crippen molar-refractivity contribution in [2.75, 3.05) is 13.7 Å². The number of ether oxygens (including phenoxy) is 1. The predicted molar refractivity (Wildman–Crippen MR) is 107 cm³/mol. The number of hydrogen-bond acceptors (Lipinski definition) is 1. The molecule has 0 radical (unpaired) electrons. The zero-order valence-corrected chi connectivity index (χ0v) is 17.2. The molecule has 0 aromatic carbocycles. The molecule has 0 aromatic rings. The van der Waals surface area contributed by atoms with Crippen molar-refractivity contribution in [1.29, 1.82) is 0 Å². The molecule has 0 fully saturated rings. The molecule has 0 unspecified atom stereocenters. The minimum Gasteiger partial charge on any atom is -0.385 e. The van der Waals surface area contributed by atoms with Gasteiger partial charge in [0, 0.05) is 36.0 Å². The Morgan fingerprint density at radius 3 is 1.50 bits per heavy atom. The molecule has 0 heterocycles. The monoisotopic (exact) mass is 336 g/mol. The van der Waals surface area contributed by atoms with E-state index in [0.29, 0.717) is 0 Å². The van der Waals surface area contributed by atoms with Gasteiger partial charge in [-0.25, -0.2) is 0 Å². The highest BCUT2D eigenvalue weighted by molar-refractivity contribution is 7.68. The third kappa shape index (κ3) is 6.58. The van der Waals surface area contributed by atoms with Gasteiger partial charge in [-0.1, -0.05) is 86.0 Å². The van der Waals surface area contributed by atoms with Crippen molar-refractivity contribution in [3.8, 4) is 0 Å². The van der Waals surface area contributed by atoms with Gasteiger partial charge in [0.15, 0.2) is 0 Å². The first-order valence-corrected chi connectivity index (χ1v) is 19.0. The Morgan fingerprint density at radius 1 is 0.750 bits per heavy atom. The molecule has 0 amide bonds. The van der Waals surface area contributed by atoms with Crippen molar-refractivity contribution >= 4 is 22.3 Å². The van der Waals surface area contributed by atoms with E-state index in [4.69, 9.17) is 4.74 Å². The minimum atomic E-state index is -0.996. The fourth-order valence-electron chi connectivity index (χ4n) is 3.96. The smallest absolute Gasteiger partial charge is 0.0462 e. The van der Waals surface area contributed by atoms with E-state index in [1.54, 1.807) is 6.04 Å². The Bertz CT molecular complexity index is 215. The van der Waals surface area contributed by atoms with Gasteiger partial charge < -0.3 is 4.74 Å². The first-order chi connectivity index (χ1) is 8.12. The summed E-state index contributed by atoms with van der Waals surface area (Å²) < 4.78 is 5.16. The summed E-state index contributed by atoms with van der Waals surface area (Å²) in [4.78, 5) is 0. The van der Waals surface area contributed by atoms with Crippen LogP contribution in [0.3, 0.4) is 0 Å². The topological polar surface area (TPSA) is 9.23 Å². The Labute approximate surface area is 133 Å². The van der Waals surface area contributed by atoms with Gasteiger partial charge in [-0.2, -0.15) is 0 Å². The van der Waals surface area contributed by atoms with Gasteiger partial charge in [0.2, 0.25) is 0 Å². The number of hydrogen-bond donors (Lipinski definition) is 0. The van der Waals surface area contributed by atoms with E-state index in [-0.39, 0.29) is 14.9 Å². The number of rotatable bonds is 9. The molecular formula is C16H44OSi3. The van der Waals surface area contributed by atoms with Crippen LogP contribution in [-0.2, 0) is 4.74 Å². The van der Waals surface area contributed by atoms with Gasteiger partial charge in [-0.05, 0) is 6.42 Å². The fraction of sp³-hybridized carbons (Fsp3) is 1.00. The molecule has 0 rings (SSSR count). The maximum absolute atomic E-state index is 5.16. The van der Waals surface area contributed by atoms with Crippen molar-refractivity contribution in [3.63, 3.8) is 0 Å². The van der Waals surface area contributed by atoms with E-state index in [1.807, 2.05) is 7.11 Å². The zero-order valence-electron chi connectivity index (χ0n) is 14.2. The van der Waals surface area contributed by atoms with E-state index in [2.05, 4.69) is 46.2 Å². The molecule has 0 saturated carbocycles. The second-order valence-electron chi connectivity index (χ2n) is 7.74. The van der Waals surface area contributed by atoms with E-state index in [1.165, 1.54) is 25.3 Å². The fourth-order valence-corrected chi connectivity index (χ4v) is 50.0. The molecule has 0 aliphatic rings. The molecule has 126 valence electrons. The molecule has 0 saturated heterocycles. The van der Waals surface area contributed by atoms with Gasteiger partial charge in [0.25, 0.3) is 0 Å². The molecular weight excluding hydrogens is 292 g/mol. The average molecular weight is 337 g/mol. The summed E-state index contributed by atoms with van der Waals surface area (Å²) in [7, 11) is -1.12. The summed E-state index contributed by atoms with van der Waals surface area (Å²) in [6, 6.07) is 3.13. The Balaban J connectivity index is -0.00000144. The lowest BCUT2D eigenvalue weighted by atomic mass is 10.3. The van der Waals surface area contributed by atoms with E-state index in [9.17, 15) is 0 Å². The maximum atomic E-state index is 5.16. The SMILES string of the molecule is C.C.CC[Si](CCCCCOC)([Si](C)(C)C)[Si](C)(C)C. The quantitative estimate of drug-likeness (QED) is 0.351. The van der Waals surface area contributed by atoms with Crippen LogP contribution in [0.5, 0.6) is 0 Å². The molecule has 0 N–H and O–H groups in total. The third-order valence-electron chi connectivity index (χ3n) is 4.93. The second-order valence-corrected chi connectivity index (χ2v) is 36.4. The lowest BCUT2D eigenvalue weighted by molar-refractivity contribution is 0.192. The molecule has 0 spiro atoms. The highest BCUT2D eigenvalue weighted by Crippen LogP contribution is 2.37. The molecule has 1 nitrogen and oxygen atoms in total. The van der Waals surface area contributed by atoms with Gasteiger partial charge >= 0.3 is 0 Å². The standard InChI is InChI=1S/C14H36OSi3.2CH4/c1-9-18(16(3,4)5,17(6,7)8)14-12-10-11-13-15-2;;/h9-14H2,1-8H3;2*1H4. The Hall–Kier alpha value is 0.611. The summed E-state index contributed by atoms with van der Waals surface area (Å²) in [5.41, 5.74) is 0. The van der Waals surface area contributed by atoms with Crippen molar-refractivity contribution in [1.82, 2.24) is 0 Å². The third-order valence-corrected chi connectivity index (χ3v) is 47.4. The molecule has 4 heteroatoms. The number of unbranched alkanes of at least 4 members (excludes halogenated alkanes) is 2. The Morgan fingerprint density at radius 2 is 1.20 bits per heavy atom. The first-order valence-electron chi connectivity index (χ1n) is 7.61. The van der Waals surface area contributed by atoms with Crippen LogP contribution in [0.25, 0.3) is 0 Å². The second kappa shape index (κ2) is 10.4. The summed E-state index contributed by atoms with van der Waals surface area (Å²) in [5, 5.41) is 0. The molecule has 0 aliphatic heterocycles. The van der Waals surface area contributed by atoms with Crippen molar-refractivity contribution in [2.45, 2.75) is 92.4 Å². The minimum absolute atomic E-state index is 0. The summed E-state index contributed by atoms with van der Waals surface area (Å²) in [6.45, 7) is 19.3. The summed E-state index contributed by atoms with van der Waals surface area (Å²) in [6.07, 6.45) is 4.08. The van der Waals surface area contributed by atoms with Gasteiger partial charge in [0.05, 0.1) is 0 Å². The predicted octanol–water partition coefficient (Wildman–Crippen LogP) is 6.38. The number of methoxy groups -OCH3 is 1. The zero-order chi connectivity index (χ0) is 14.4. The van der Waals surface area contributed by atoms with E-state index >= 15 is 0 Å². The summed E-state index contributed by atoms with van der Waals surface area (Å²) >= 11 is 0. The molecule has 0 aromatic heterocycles. The van der Waals surface area contributed by atoms with Crippen molar-refractivity contribution in [3.05, 3.63) is 0 Å². The van der Waals surface area contributed by atoms with Crippen molar-refractivity contribution < 1.29 is 4.74 Å². The van der Waals surface area contributed by atoms with Crippen molar-refractivity contribution in [2.24, 2.45) is 0 Å². The lowest BCUT2D eigenvalue weighted by Crippen LogP contribution is -2.71. The Kier molecular flexibility index (Phi) is 13.2.